The van der Waals surface area contributed by atoms with Gasteiger partial charge >= 0.3 is 12.0 Å². The van der Waals surface area contributed by atoms with Gasteiger partial charge in [0.15, 0.2) is 12.4 Å². The highest BCUT2D eigenvalue weighted by molar-refractivity contribution is 5.68. The topological polar surface area (TPSA) is 81.5 Å². The number of hydrogen-bond donors (Lipinski definition) is 1. The molecule has 0 aliphatic carbocycles. The minimum absolute atomic E-state index is 0.0169. The van der Waals surface area contributed by atoms with Gasteiger partial charge in [0.1, 0.15) is 0 Å². The van der Waals surface area contributed by atoms with Crippen LogP contribution in [0.25, 0.3) is 0 Å². The molecule has 0 fully saturated rings. The lowest BCUT2D eigenvalue weighted by molar-refractivity contribution is -0.139. The van der Waals surface area contributed by atoms with E-state index in [1.165, 1.54) is 19.5 Å². The summed E-state index contributed by atoms with van der Waals surface area (Å²) < 4.78 is 9.49. The molecule has 0 saturated heterocycles. The van der Waals surface area contributed by atoms with Gasteiger partial charge in [0, 0.05) is 0 Å². The van der Waals surface area contributed by atoms with Crippen molar-refractivity contribution in [3.05, 3.63) is 12.4 Å². The fraction of sp³-hybridized carbons (Fsp3) is 0.286. The summed E-state index contributed by atoms with van der Waals surface area (Å²) in [6, 6.07) is 0.0169. The first-order chi connectivity index (χ1) is 6.22. The zero-order valence-corrected chi connectivity index (χ0v) is 6.93. The van der Waals surface area contributed by atoms with E-state index >= 15 is 0 Å². The fourth-order valence-electron chi connectivity index (χ4n) is 0.611. The summed E-state index contributed by atoms with van der Waals surface area (Å²) in [4.78, 5) is 17.5. The van der Waals surface area contributed by atoms with E-state index in [-0.39, 0.29) is 6.01 Å². The van der Waals surface area contributed by atoms with Gasteiger partial charge in [-0.3, -0.25) is 0 Å². The van der Waals surface area contributed by atoms with Crippen LogP contribution in [0.5, 0.6) is 11.8 Å². The molecular weight excluding hydrogens is 176 g/mol. The van der Waals surface area contributed by atoms with Crippen LogP contribution in [0.1, 0.15) is 0 Å². The van der Waals surface area contributed by atoms with Crippen molar-refractivity contribution in [2.75, 3.05) is 13.7 Å². The minimum atomic E-state index is -1.07. The van der Waals surface area contributed by atoms with Crippen molar-refractivity contribution >= 4 is 5.97 Å². The van der Waals surface area contributed by atoms with Crippen molar-refractivity contribution in [3.63, 3.8) is 0 Å². The van der Waals surface area contributed by atoms with Crippen LogP contribution in [0.4, 0.5) is 0 Å². The highest BCUT2D eigenvalue weighted by Crippen LogP contribution is 2.08. The number of ether oxygens (including phenoxy) is 2. The largest absolute Gasteiger partial charge is 0.494 e. The molecule has 0 aliphatic rings. The van der Waals surface area contributed by atoms with Crippen LogP contribution in [0.3, 0.4) is 0 Å². The third-order valence-corrected chi connectivity index (χ3v) is 1.16. The summed E-state index contributed by atoms with van der Waals surface area (Å²) in [5.74, 6) is -0.581. The average molecular weight is 184 g/mol. The fourth-order valence-corrected chi connectivity index (χ4v) is 0.611. The molecule has 1 N–H and O–H groups in total. The maximum Gasteiger partial charge on any atom is 0.341 e. The SMILES string of the molecule is COc1cnc(OCC(=O)O)nc1. The molecule has 0 unspecified atom stereocenters. The summed E-state index contributed by atoms with van der Waals surface area (Å²) in [6.07, 6.45) is 2.79. The van der Waals surface area contributed by atoms with E-state index in [2.05, 4.69) is 14.7 Å². The van der Waals surface area contributed by atoms with Crippen LogP contribution < -0.4 is 9.47 Å². The molecular formula is C7H8N2O4. The number of aromatic nitrogens is 2. The second-order valence-electron chi connectivity index (χ2n) is 2.09. The molecule has 6 nitrogen and oxygen atoms in total. The number of carbonyl (C=O) groups is 1. The van der Waals surface area contributed by atoms with Crippen molar-refractivity contribution < 1.29 is 19.4 Å². The van der Waals surface area contributed by atoms with Crippen LogP contribution in [0.2, 0.25) is 0 Å². The van der Waals surface area contributed by atoms with Gasteiger partial charge in [0.25, 0.3) is 0 Å². The molecule has 0 radical (unpaired) electrons. The number of methoxy groups -OCH3 is 1. The summed E-state index contributed by atoms with van der Waals surface area (Å²) in [6.45, 7) is -0.452. The lowest BCUT2D eigenvalue weighted by atomic mass is 10.6. The van der Waals surface area contributed by atoms with Crippen molar-refractivity contribution in [1.29, 1.82) is 0 Å². The number of carboxylic acid groups (broad SMARTS) is 1. The second-order valence-corrected chi connectivity index (χ2v) is 2.09. The van der Waals surface area contributed by atoms with Crippen LogP contribution in [-0.2, 0) is 4.79 Å². The lowest BCUT2D eigenvalue weighted by Crippen LogP contribution is -2.11. The van der Waals surface area contributed by atoms with E-state index in [9.17, 15) is 4.79 Å². The summed E-state index contributed by atoms with van der Waals surface area (Å²) in [5.41, 5.74) is 0. The Morgan fingerprint density at radius 1 is 1.54 bits per heavy atom. The van der Waals surface area contributed by atoms with Crippen molar-refractivity contribution in [2.45, 2.75) is 0 Å². The first kappa shape index (κ1) is 9.24. The van der Waals surface area contributed by atoms with Crippen molar-refractivity contribution in [1.82, 2.24) is 9.97 Å². The van der Waals surface area contributed by atoms with Crippen LogP contribution in [0.15, 0.2) is 12.4 Å². The van der Waals surface area contributed by atoms with Gasteiger partial charge in [0.2, 0.25) is 0 Å². The highest BCUT2D eigenvalue weighted by atomic mass is 16.5. The molecule has 1 aromatic rings. The summed E-state index contributed by atoms with van der Waals surface area (Å²) in [5, 5.41) is 8.27. The number of carboxylic acids is 1. The maximum absolute atomic E-state index is 10.1. The highest BCUT2D eigenvalue weighted by Gasteiger charge is 2.01. The number of aliphatic carboxylic acids is 1. The third-order valence-electron chi connectivity index (χ3n) is 1.16. The Kier molecular flexibility index (Phi) is 3.02. The van der Waals surface area contributed by atoms with Gasteiger partial charge in [-0.05, 0) is 0 Å². The first-order valence-corrected chi connectivity index (χ1v) is 3.43. The molecule has 0 aromatic carbocycles. The Morgan fingerprint density at radius 3 is 2.62 bits per heavy atom. The van der Waals surface area contributed by atoms with Gasteiger partial charge < -0.3 is 14.6 Å². The van der Waals surface area contributed by atoms with Crippen molar-refractivity contribution in [3.8, 4) is 11.8 Å². The Bertz CT molecular complexity index is 285. The van der Waals surface area contributed by atoms with E-state index in [1.807, 2.05) is 0 Å². The van der Waals surface area contributed by atoms with E-state index < -0.39 is 12.6 Å². The van der Waals surface area contributed by atoms with Gasteiger partial charge in [-0.25, -0.2) is 4.79 Å². The van der Waals surface area contributed by atoms with E-state index in [4.69, 9.17) is 9.84 Å². The molecule has 0 spiro atoms. The van der Waals surface area contributed by atoms with Crippen molar-refractivity contribution in [2.24, 2.45) is 0 Å². The zero-order chi connectivity index (χ0) is 9.68. The molecule has 6 heteroatoms. The Morgan fingerprint density at radius 2 is 2.15 bits per heavy atom. The third kappa shape index (κ3) is 2.94. The molecule has 0 saturated carbocycles. The van der Waals surface area contributed by atoms with Gasteiger partial charge in [-0.1, -0.05) is 0 Å². The van der Waals surface area contributed by atoms with E-state index in [1.54, 1.807) is 0 Å². The normalized spacial score (nSPS) is 9.31. The molecule has 0 amide bonds. The minimum Gasteiger partial charge on any atom is -0.494 e. The number of nitrogens with zero attached hydrogens (tertiary/aromatic N) is 2. The maximum atomic E-state index is 10.1. The van der Waals surface area contributed by atoms with Crippen LogP contribution in [-0.4, -0.2) is 34.8 Å². The molecule has 13 heavy (non-hydrogen) atoms. The molecule has 0 bridgehead atoms. The van der Waals surface area contributed by atoms with Gasteiger partial charge in [-0.2, -0.15) is 9.97 Å². The summed E-state index contributed by atoms with van der Waals surface area (Å²) in [7, 11) is 1.48. The van der Waals surface area contributed by atoms with Crippen LogP contribution in [0, 0.1) is 0 Å². The predicted molar refractivity (Wildman–Crippen MR) is 41.7 cm³/mol. The monoisotopic (exact) mass is 184 g/mol. The zero-order valence-electron chi connectivity index (χ0n) is 6.93. The molecule has 70 valence electrons. The molecule has 0 aliphatic heterocycles. The quantitative estimate of drug-likeness (QED) is 0.706. The Hall–Kier alpha value is -1.85. The molecule has 1 aromatic heterocycles. The standard InChI is InChI=1S/C7H8N2O4/c1-12-5-2-8-7(9-3-5)13-4-6(10)11/h2-3H,4H2,1H3,(H,10,11). The number of hydrogen-bond acceptors (Lipinski definition) is 5. The Labute approximate surface area is 74.1 Å². The number of rotatable bonds is 4. The van der Waals surface area contributed by atoms with Gasteiger partial charge in [0.05, 0.1) is 19.5 Å². The smallest absolute Gasteiger partial charge is 0.341 e. The van der Waals surface area contributed by atoms with E-state index in [0.717, 1.165) is 0 Å². The first-order valence-electron chi connectivity index (χ1n) is 3.43. The predicted octanol–water partition coefficient (Wildman–Crippen LogP) is -0.0514. The molecule has 1 heterocycles. The average Bonchev–Trinajstić information content (AvgIpc) is 2.15. The molecule has 0 atom stereocenters. The molecule has 1 rings (SSSR count). The van der Waals surface area contributed by atoms with Gasteiger partial charge in [-0.15, -0.1) is 0 Å². The second kappa shape index (κ2) is 4.24. The van der Waals surface area contributed by atoms with Crippen LogP contribution >= 0.6 is 0 Å². The summed E-state index contributed by atoms with van der Waals surface area (Å²) >= 11 is 0. The lowest BCUT2D eigenvalue weighted by Gasteiger charge is -2.01. The van der Waals surface area contributed by atoms with E-state index in [0.29, 0.717) is 5.75 Å². The Balaban J connectivity index is 2.54.